The molecule has 3 aromatic rings. The van der Waals surface area contributed by atoms with Crippen LogP contribution in [-0.4, -0.2) is 67.0 Å². The molecule has 2 N–H and O–H groups in total. The third kappa shape index (κ3) is 4.61. The first-order valence-electron chi connectivity index (χ1n) is 11.3. The van der Waals surface area contributed by atoms with Gasteiger partial charge in [0.05, 0.1) is 23.1 Å². The van der Waals surface area contributed by atoms with Crippen LogP contribution in [0.25, 0.3) is 11.4 Å². The van der Waals surface area contributed by atoms with Gasteiger partial charge in [0.15, 0.2) is 5.69 Å². The molecule has 5 rings (SSSR count). The second-order valence-electron chi connectivity index (χ2n) is 8.57. The molecule has 0 spiro atoms. The zero-order valence-corrected chi connectivity index (χ0v) is 18.5. The fourth-order valence-corrected chi connectivity index (χ4v) is 4.61. The van der Waals surface area contributed by atoms with Gasteiger partial charge in [0, 0.05) is 44.6 Å². The van der Waals surface area contributed by atoms with Crippen LogP contribution in [0.5, 0.6) is 0 Å². The molecule has 3 aromatic heterocycles. The van der Waals surface area contributed by atoms with E-state index in [2.05, 4.69) is 47.7 Å². The van der Waals surface area contributed by atoms with Crippen LogP contribution in [0.4, 0.5) is 20.3 Å². The third-order valence-corrected chi connectivity index (χ3v) is 6.40. The van der Waals surface area contributed by atoms with Crippen molar-refractivity contribution in [1.29, 1.82) is 0 Å². The van der Waals surface area contributed by atoms with Crippen molar-refractivity contribution in [1.82, 2.24) is 34.8 Å². The number of H-pyrrole nitrogens is 1. The Hall–Kier alpha value is -3.27. The molecule has 0 bridgehead atoms. The lowest BCUT2D eigenvalue weighted by atomic mass is 9.98. The molecule has 2 saturated heterocycles. The minimum Gasteiger partial charge on any atom is -0.378 e. The fraction of sp³-hybridized carbons (Fsp3) is 0.435. The summed E-state index contributed by atoms with van der Waals surface area (Å²) in [5.41, 5.74) is 1.48. The molecule has 10 heteroatoms. The van der Waals surface area contributed by atoms with Gasteiger partial charge in [0.25, 0.3) is 6.43 Å². The number of pyridine rings is 1. The Kier molecular flexibility index (Phi) is 6.08. The number of nitrogens with one attached hydrogen (secondary N) is 2. The van der Waals surface area contributed by atoms with Gasteiger partial charge in [-0.25, -0.2) is 13.8 Å². The second-order valence-corrected chi connectivity index (χ2v) is 8.57. The van der Waals surface area contributed by atoms with E-state index in [9.17, 15) is 8.78 Å². The number of piperidine rings is 1. The van der Waals surface area contributed by atoms with Gasteiger partial charge in [-0.3, -0.25) is 14.7 Å². The Morgan fingerprint density at radius 2 is 1.97 bits per heavy atom. The highest BCUT2D eigenvalue weighted by atomic mass is 19.3. The summed E-state index contributed by atoms with van der Waals surface area (Å²) in [6.45, 7) is 5.84. The van der Waals surface area contributed by atoms with E-state index in [1.165, 1.54) is 0 Å². The first-order valence-corrected chi connectivity index (χ1v) is 11.3. The summed E-state index contributed by atoms with van der Waals surface area (Å²) >= 11 is 0. The molecule has 2 aliphatic rings. The minimum absolute atomic E-state index is 0.107. The Balaban J connectivity index is 1.25. The van der Waals surface area contributed by atoms with Crippen molar-refractivity contribution < 1.29 is 8.78 Å². The molecular weight excluding hydrogens is 426 g/mol. The maximum absolute atomic E-state index is 13.7. The SMILES string of the molecule is CC=CN1CCC(N2CC(n3cc(Nc4cccc(-c5ccn[nH]5)n4)c(C(F)F)n3)C2)CC1. The number of likely N-dealkylation sites (tertiary alicyclic amines) is 2. The topological polar surface area (TPSA) is 77.9 Å². The third-order valence-electron chi connectivity index (χ3n) is 6.40. The molecule has 0 aromatic carbocycles. The fourth-order valence-electron chi connectivity index (χ4n) is 4.61. The lowest BCUT2D eigenvalue weighted by Crippen LogP contribution is -2.55. The number of aromatic nitrogens is 5. The molecule has 174 valence electrons. The summed E-state index contributed by atoms with van der Waals surface area (Å²) in [6, 6.07) is 7.88. The number of allylic oxidation sites excluding steroid dienone is 1. The van der Waals surface area contributed by atoms with Crippen molar-refractivity contribution in [2.75, 3.05) is 31.5 Å². The van der Waals surface area contributed by atoms with Gasteiger partial charge in [-0.2, -0.15) is 10.2 Å². The monoisotopic (exact) mass is 454 g/mol. The molecular formula is C23H28F2N8. The van der Waals surface area contributed by atoms with Crippen molar-refractivity contribution in [2.45, 2.75) is 38.3 Å². The van der Waals surface area contributed by atoms with E-state index >= 15 is 0 Å². The summed E-state index contributed by atoms with van der Waals surface area (Å²) in [7, 11) is 0. The average molecular weight is 455 g/mol. The Bertz CT molecular complexity index is 1080. The lowest BCUT2D eigenvalue weighted by Gasteiger charge is -2.47. The van der Waals surface area contributed by atoms with Crippen molar-refractivity contribution in [3.63, 3.8) is 0 Å². The Morgan fingerprint density at radius 1 is 1.15 bits per heavy atom. The molecule has 2 fully saturated rings. The van der Waals surface area contributed by atoms with E-state index in [0.717, 1.165) is 44.7 Å². The number of rotatable bonds is 7. The highest BCUT2D eigenvalue weighted by molar-refractivity contribution is 5.62. The van der Waals surface area contributed by atoms with E-state index in [1.807, 2.05) is 19.1 Å². The quantitative estimate of drug-likeness (QED) is 0.557. The minimum atomic E-state index is -2.67. The number of aromatic amines is 1. The molecule has 8 nitrogen and oxygen atoms in total. The number of anilines is 2. The largest absolute Gasteiger partial charge is 0.378 e. The van der Waals surface area contributed by atoms with Crippen LogP contribution in [-0.2, 0) is 0 Å². The van der Waals surface area contributed by atoms with E-state index in [4.69, 9.17) is 0 Å². The normalized spacial score (nSPS) is 18.4. The van der Waals surface area contributed by atoms with Crippen molar-refractivity contribution in [3.05, 3.63) is 54.6 Å². The highest BCUT2D eigenvalue weighted by Gasteiger charge is 2.36. The number of nitrogens with zero attached hydrogens (tertiary/aromatic N) is 6. The summed E-state index contributed by atoms with van der Waals surface area (Å²) in [5.74, 6) is 0.478. The summed E-state index contributed by atoms with van der Waals surface area (Å²) in [5, 5.41) is 14.1. The van der Waals surface area contributed by atoms with Crippen molar-refractivity contribution in [2.24, 2.45) is 0 Å². The van der Waals surface area contributed by atoms with Crippen LogP contribution in [0.1, 0.15) is 37.9 Å². The summed E-state index contributed by atoms with van der Waals surface area (Å²) in [4.78, 5) is 9.31. The van der Waals surface area contributed by atoms with Crippen LogP contribution < -0.4 is 5.32 Å². The number of halogens is 2. The van der Waals surface area contributed by atoms with Gasteiger partial charge in [-0.15, -0.1) is 0 Å². The predicted octanol–water partition coefficient (Wildman–Crippen LogP) is 4.20. The smallest absolute Gasteiger partial charge is 0.284 e. The van der Waals surface area contributed by atoms with Gasteiger partial charge >= 0.3 is 0 Å². The average Bonchev–Trinajstić information content (AvgIpc) is 3.45. The Labute approximate surface area is 191 Å². The molecule has 5 heterocycles. The molecule has 0 aliphatic carbocycles. The molecule has 2 aliphatic heterocycles. The van der Waals surface area contributed by atoms with Crippen LogP contribution in [0.15, 0.2) is 48.9 Å². The van der Waals surface area contributed by atoms with Gasteiger partial charge in [0.2, 0.25) is 0 Å². The molecule has 33 heavy (non-hydrogen) atoms. The zero-order valence-electron chi connectivity index (χ0n) is 18.5. The van der Waals surface area contributed by atoms with Crippen LogP contribution >= 0.6 is 0 Å². The standard InChI is InChI=1S/C23H28F2N8/c1-2-10-31-11-7-16(8-12-31)32-13-17(14-32)33-15-20(22(30-33)23(24)25)28-21-5-3-4-18(27-21)19-6-9-26-29-19/h2-6,9-10,15-17,23H,7-8,11-14H2,1H3,(H,26,29)(H,27,28). The van der Waals surface area contributed by atoms with Crippen molar-refractivity contribution in [3.8, 4) is 11.4 Å². The molecule has 0 radical (unpaired) electrons. The second kappa shape index (κ2) is 9.30. The van der Waals surface area contributed by atoms with Gasteiger partial charge in [-0.1, -0.05) is 12.1 Å². The molecule has 0 saturated carbocycles. The first-order chi connectivity index (χ1) is 16.1. The van der Waals surface area contributed by atoms with E-state index in [-0.39, 0.29) is 17.4 Å². The summed E-state index contributed by atoms with van der Waals surface area (Å²) < 4.78 is 29.1. The molecule has 0 unspecified atom stereocenters. The van der Waals surface area contributed by atoms with Crippen LogP contribution in [0.3, 0.4) is 0 Å². The maximum atomic E-state index is 13.7. The number of hydrogen-bond acceptors (Lipinski definition) is 6. The van der Waals surface area contributed by atoms with E-state index in [0.29, 0.717) is 17.6 Å². The Morgan fingerprint density at radius 3 is 2.67 bits per heavy atom. The molecule has 0 amide bonds. The number of alkyl halides is 2. The van der Waals surface area contributed by atoms with Gasteiger partial charge < -0.3 is 10.2 Å². The number of hydrogen-bond donors (Lipinski definition) is 2. The van der Waals surface area contributed by atoms with E-state index in [1.54, 1.807) is 29.2 Å². The van der Waals surface area contributed by atoms with Crippen LogP contribution in [0.2, 0.25) is 0 Å². The first kappa shape index (κ1) is 21.6. The van der Waals surface area contributed by atoms with Crippen LogP contribution in [0, 0.1) is 0 Å². The van der Waals surface area contributed by atoms with Gasteiger partial charge in [-0.05, 0) is 44.2 Å². The molecule has 0 atom stereocenters. The lowest BCUT2D eigenvalue weighted by molar-refractivity contribution is 0.0262. The highest BCUT2D eigenvalue weighted by Crippen LogP contribution is 2.33. The zero-order chi connectivity index (χ0) is 22.8. The van der Waals surface area contributed by atoms with Gasteiger partial charge in [0.1, 0.15) is 5.82 Å². The summed E-state index contributed by atoms with van der Waals surface area (Å²) in [6.07, 6.45) is 7.14. The predicted molar refractivity (Wildman–Crippen MR) is 122 cm³/mol. The maximum Gasteiger partial charge on any atom is 0.284 e. The van der Waals surface area contributed by atoms with Crippen molar-refractivity contribution >= 4 is 11.5 Å². The van der Waals surface area contributed by atoms with E-state index < -0.39 is 6.43 Å².